The molecule has 27 heavy (non-hydrogen) atoms. The first kappa shape index (κ1) is 17.5. The molecular formula is C22H24N4O. The maximum absolute atomic E-state index is 13.2. The minimum Gasteiger partial charge on any atom is -0.329 e. The highest BCUT2D eigenvalue weighted by Gasteiger charge is 2.28. The van der Waals surface area contributed by atoms with E-state index in [1.165, 1.54) is 11.1 Å². The second-order valence-corrected chi connectivity index (χ2v) is 6.83. The van der Waals surface area contributed by atoms with E-state index in [0.717, 1.165) is 30.8 Å². The number of aryl methyl sites for hydroxylation is 1. The predicted molar refractivity (Wildman–Crippen MR) is 106 cm³/mol. The lowest BCUT2D eigenvalue weighted by atomic mass is 10.00. The van der Waals surface area contributed by atoms with E-state index in [4.69, 9.17) is 0 Å². The summed E-state index contributed by atoms with van der Waals surface area (Å²) in [6, 6.07) is 16.4. The van der Waals surface area contributed by atoms with Crippen molar-refractivity contribution >= 4 is 5.91 Å². The van der Waals surface area contributed by atoms with Gasteiger partial charge in [0.25, 0.3) is 5.91 Å². The van der Waals surface area contributed by atoms with Crippen molar-refractivity contribution in [3.63, 3.8) is 0 Å². The fourth-order valence-corrected chi connectivity index (χ4v) is 3.57. The first-order valence-corrected chi connectivity index (χ1v) is 9.45. The zero-order valence-corrected chi connectivity index (χ0v) is 15.5. The third-order valence-corrected chi connectivity index (χ3v) is 5.19. The number of amides is 1. The SMILES string of the molecule is CCc1ccc(C2CNCCN2C(=O)c2ccc(-n3ccnc3)cc2)cc1. The van der Waals surface area contributed by atoms with Crippen LogP contribution in [-0.2, 0) is 6.42 Å². The van der Waals surface area contributed by atoms with Crippen molar-refractivity contribution in [2.24, 2.45) is 0 Å². The van der Waals surface area contributed by atoms with E-state index in [0.29, 0.717) is 6.54 Å². The maximum atomic E-state index is 13.2. The summed E-state index contributed by atoms with van der Waals surface area (Å²) in [6.07, 6.45) is 6.41. The average Bonchev–Trinajstić information content (AvgIpc) is 3.28. The Morgan fingerprint density at radius 3 is 2.59 bits per heavy atom. The van der Waals surface area contributed by atoms with Crippen LogP contribution in [0.5, 0.6) is 0 Å². The average molecular weight is 360 g/mol. The van der Waals surface area contributed by atoms with E-state index in [1.807, 2.05) is 39.9 Å². The second kappa shape index (κ2) is 7.76. The molecule has 0 radical (unpaired) electrons. The van der Waals surface area contributed by atoms with Crippen LogP contribution in [-0.4, -0.2) is 40.0 Å². The van der Waals surface area contributed by atoms with Crippen LogP contribution in [0.25, 0.3) is 5.69 Å². The molecule has 4 rings (SSSR count). The minimum absolute atomic E-state index is 0.0606. The number of carbonyl (C=O) groups excluding carboxylic acids is 1. The van der Waals surface area contributed by atoms with Crippen molar-refractivity contribution in [2.75, 3.05) is 19.6 Å². The molecule has 0 spiro atoms. The molecular weight excluding hydrogens is 336 g/mol. The number of imidazole rings is 1. The molecule has 0 bridgehead atoms. The molecule has 1 aromatic heterocycles. The Hall–Kier alpha value is -2.92. The van der Waals surface area contributed by atoms with Gasteiger partial charge in [-0.25, -0.2) is 4.98 Å². The minimum atomic E-state index is 0.0606. The zero-order valence-electron chi connectivity index (χ0n) is 15.5. The summed E-state index contributed by atoms with van der Waals surface area (Å²) in [5.41, 5.74) is 4.21. The fourth-order valence-electron chi connectivity index (χ4n) is 3.57. The lowest BCUT2D eigenvalue weighted by Gasteiger charge is -2.36. The number of piperazine rings is 1. The molecule has 1 saturated heterocycles. The number of aromatic nitrogens is 2. The molecule has 0 saturated carbocycles. The van der Waals surface area contributed by atoms with Gasteiger partial charge >= 0.3 is 0 Å². The highest BCUT2D eigenvalue weighted by Crippen LogP contribution is 2.25. The lowest BCUT2D eigenvalue weighted by Crippen LogP contribution is -2.48. The van der Waals surface area contributed by atoms with Crippen LogP contribution >= 0.6 is 0 Å². The largest absolute Gasteiger partial charge is 0.329 e. The van der Waals surface area contributed by atoms with Gasteiger partial charge in [-0.3, -0.25) is 4.79 Å². The molecule has 5 nitrogen and oxygen atoms in total. The van der Waals surface area contributed by atoms with Crippen molar-refractivity contribution in [3.8, 4) is 5.69 Å². The van der Waals surface area contributed by atoms with Gasteiger partial charge in [-0.05, 0) is 41.8 Å². The lowest BCUT2D eigenvalue weighted by molar-refractivity contribution is 0.0634. The van der Waals surface area contributed by atoms with Gasteiger partial charge in [0.15, 0.2) is 0 Å². The van der Waals surface area contributed by atoms with Crippen molar-refractivity contribution < 1.29 is 4.79 Å². The number of hydrogen-bond acceptors (Lipinski definition) is 3. The summed E-state index contributed by atoms with van der Waals surface area (Å²) >= 11 is 0. The maximum Gasteiger partial charge on any atom is 0.254 e. The molecule has 1 fully saturated rings. The number of carbonyl (C=O) groups is 1. The van der Waals surface area contributed by atoms with Gasteiger partial charge in [-0.15, -0.1) is 0 Å². The van der Waals surface area contributed by atoms with Gasteiger partial charge in [0.05, 0.1) is 12.4 Å². The Balaban J connectivity index is 1.56. The van der Waals surface area contributed by atoms with Crippen LogP contribution in [0.1, 0.15) is 34.5 Å². The van der Waals surface area contributed by atoms with Crippen LogP contribution < -0.4 is 5.32 Å². The number of nitrogens with zero attached hydrogens (tertiary/aromatic N) is 3. The molecule has 2 aromatic carbocycles. The van der Waals surface area contributed by atoms with Gasteiger partial charge in [0.1, 0.15) is 0 Å². The molecule has 1 aliphatic rings. The Morgan fingerprint density at radius 1 is 1.15 bits per heavy atom. The normalized spacial score (nSPS) is 17.1. The number of benzene rings is 2. The van der Waals surface area contributed by atoms with E-state index in [1.54, 1.807) is 12.5 Å². The summed E-state index contributed by atoms with van der Waals surface area (Å²) in [5, 5.41) is 3.42. The zero-order chi connectivity index (χ0) is 18.6. The molecule has 1 N–H and O–H groups in total. The summed E-state index contributed by atoms with van der Waals surface area (Å²) in [5.74, 6) is 0.0817. The Labute approximate surface area is 159 Å². The molecule has 2 heterocycles. The molecule has 138 valence electrons. The highest BCUT2D eigenvalue weighted by atomic mass is 16.2. The van der Waals surface area contributed by atoms with Crippen LogP contribution in [0, 0.1) is 0 Å². The van der Waals surface area contributed by atoms with E-state index in [-0.39, 0.29) is 11.9 Å². The van der Waals surface area contributed by atoms with E-state index < -0.39 is 0 Å². The van der Waals surface area contributed by atoms with Crippen molar-refractivity contribution in [1.82, 2.24) is 19.8 Å². The Bertz CT molecular complexity index is 885. The second-order valence-electron chi connectivity index (χ2n) is 6.83. The predicted octanol–water partition coefficient (Wildman–Crippen LogP) is 3.22. The van der Waals surface area contributed by atoms with Gasteiger partial charge in [0.2, 0.25) is 0 Å². The van der Waals surface area contributed by atoms with Crippen molar-refractivity contribution in [1.29, 1.82) is 0 Å². The molecule has 1 aliphatic heterocycles. The molecule has 3 aromatic rings. The highest BCUT2D eigenvalue weighted by molar-refractivity contribution is 5.94. The smallest absolute Gasteiger partial charge is 0.254 e. The van der Waals surface area contributed by atoms with Crippen LogP contribution in [0.3, 0.4) is 0 Å². The summed E-state index contributed by atoms with van der Waals surface area (Å²) < 4.78 is 1.93. The third-order valence-electron chi connectivity index (χ3n) is 5.19. The van der Waals surface area contributed by atoms with Crippen molar-refractivity contribution in [2.45, 2.75) is 19.4 Å². The molecule has 5 heteroatoms. The number of hydrogen-bond donors (Lipinski definition) is 1. The van der Waals surface area contributed by atoms with Crippen LogP contribution in [0.2, 0.25) is 0 Å². The summed E-state index contributed by atoms with van der Waals surface area (Å²) in [7, 11) is 0. The van der Waals surface area contributed by atoms with Crippen LogP contribution in [0.15, 0.2) is 67.3 Å². The Morgan fingerprint density at radius 2 is 1.93 bits per heavy atom. The number of rotatable bonds is 4. The summed E-state index contributed by atoms with van der Waals surface area (Å²) in [4.78, 5) is 19.2. The molecule has 0 aliphatic carbocycles. The fraction of sp³-hybridized carbons (Fsp3) is 0.273. The Kier molecular flexibility index (Phi) is 5.03. The third kappa shape index (κ3) is 3.64. The first-order valence-electron chi connectivity index (χ1n) is 9.45. The molecule has 1 amide bonds. The van der Waals surface area contributed by atoms with Gasteiger partial charge in [-0.2, -0.15) is 0 Å². The summed E-state index contributed by atoms with van der Waals surface area (Å²) in [6.45, 7) is 4.47. The number of nitrogens with one attached hydrogen (secondary N) is 1. The van der Waals surface area contributed by atoms with Crippen molar-refractivity contribution in [3.05, 3.63) is 83.9 Å². The van der Waals surface area contributed by atoms with E-state index in [9.17, 15) is 4.79 Å². The quantitative estimate of drug-likeness (QED) is 0.777. The molecule has 1 atom stereocenters. The van der Waals surface area contributed by atoms with E-state index in [2.05, 4.69) is 41.5 Å². The molecule has 1 unspecified atom stereocenters. The first-order chi connectivity index (χ1) is 13.3. The topological polar surface area (TPSA) is 50.2 Å². The van der Waals surface area contributed by atoms with E-state index >= 15 is 0 Å². The monoisotopic (exact) mass is 360 g/mol. The standard InChI is InChI=1S/C22H24N4O/c1-2-17-3-5-18(6-4-17)21-15-23-12-14-26(21)22(27)19-7-9-20(10-8-19)25-13-11-24-16-25/h3-11,13,16,21,23H,2,12,14-15H2,1H3. The van der Waals surface area contributed by atoms with Crippen LogP contribution in [0.4, 0.5) is 0 Å². The van der Waals surface area contributed by atoms with Gasteiger partial charge in [0, 0.05) is 43.3 Å². The van der Waals surface area contributed by atoms with Gasteiger partial charge in [-0.1, -0.05) is 31.2 Å². The van der Waals surface area contributed by atoms with Gasteiger partial charge < -0.3 is 14.8 Å².